The average molecular weight is 350 g/mol. The zero-order valence-electron chi connectivity index (χ0n) is 12.1. The van der Waals surface area contributed by atoms with Gasteiger partial charge in [-0.25, -0.2) is 4.98 Å². The second-order valence-electron chi connectivity index (χ2n) is 4.96. The molecule has 1 aromatic heterocycles. The Hall–Kier alpha value is -1.95. The predicted octanol–water partition coefficient (Wildman–Crippen LogP) is 4.54. The second-order valence-corrected chi connectivity index (χ2v) is 5.76. The van der Waals surface area contributed by atoms with Crippen LogP contribution >= 0.6 is 15.9 Å². The van der Waals surface area contributed by atoms with Crippen molar-refractivity contribution >= 4 is 27.4 Å². The maximum absolute atomic E-state index is 10.9. The third kappa shape index (κ3) is 3.39. The van der Waals surface area contributed by atoms with E-state index in [2.05, 4.69) is 50.5 Å². The van der Waals surface area contributed by atoms with Crippen LogP contribution in [-0.4, -0.2) is 9.91 Å². The Morgan fingerprint density at radius 3 is 2.48 bits per heavy atom. The molecule has 6 heteroatoms. The molecule has 2 aromatic rings. The van der Waals surface area contributed by atoms with Crippen LogP contribution < -0.4 is 5.32 Å². The Labute approximate surface area is 131 Å². The van der Waals surface area contributed by atoms with Crippen LogP contribution in [0.1, 0.15) is 29.7 Å². The van der Waals surface area contributed by atoms with Gasteiger partial charge in [0.15, 0.2) is 0 Å². The Morgan fingerprint density at radius 2 is 1.90 bits per heavy atom. The largest absolute Gasteiger partial charge is 0.363 e. The summed E-state index contributed by atoms with van der Waals surface area (Å²) in [7, 11) is 0. The Kier molecular flexibility index (Phi) is 4.57. The molecule has 21 heavy (non-hydrogen) atoms. The van der Waals surface area contributed by atoms with Crippen LogP contribution in [0.5, 0.6) is 0 Å². The van der Waals surface area contributed by atoms with Gasteiger partial charge >= 0.3 is 0 Å². The topological polar surface area (TPSA) is 68.1 Å². The third-order valence-electron chi connectivity index (χ3n) is 3.36. The number of nitrogens with one attached hydrogen (secondary N) is 1. The van der Waals surface area contributed by atoms with E-state index in [0.717, 1.165) is 5.56 Å². The van der Waals surface area contributed by atoms with E-state index < -0.39 is 4.92 Å². The van der Waals surface area contributed by atoms with Gasteiger partial charge < -0.3 is 5.32 Å². The monoisotopic (exact) mass is 349 g/mol. The summed E-state index contributed by atoms with van der Waals surface area (Å²) in [5.41, 5.74) is 2.91. The molecule has 1 N–H and O–H groups in total. The summed E-state index contributed by atoms with van der Waals surface area (Å²) in [5.74, 6) is 0.603. The number of benzene rings is 1. The highest BCUT2D eigenvalue weighted by molar-refractivity contribution is 9.10. The molecule has 0 amide bonds. The van der Waals surface area contributed by atoms with E-state index in [9.17, 15) is 10.1 Å². The van der Waals surface area contributed by atoms with E-state index in [1.165, 1.54) is 11.8 Å². The minimum atomic E-state index is -0.430. The van der Waals surface area contributed by atoms with Crippen LogP contribution in [0.3, 0.4) is 0 Å². The van der Waals surface area contributed by atoms with Crippen molar-refractivity contribution < 1.29 is 4.92 Å². The van der Waals surface area contributed by atoms with Gasteiger partial charge in [-0.05, 0) is 42.3 Å². The number of rotatable bonds is 4. The van der Waals surface area contributed by atoms with Gasteiger partial charge in [0, 0.05) is 11.6 Å². The first kappa shape index (κ1) is 15.4. The standard InChI is InChI=1S/C15H16BrN3O2/c1-9-4-6-12(7-5-9)11(3)18-15-14(16)10(2)13(8-17-15)19(20)21/h4-8,11H,1-3H3,(H,17,18). The van der Waals surface area contributed by atoms with Crippen molar-refractivity contribution in [3.05, 3.63) is 61.7 Å². The summed E-state index contributed by atoms with van der Waals surface area (Å²) < 4.78 is 0.621. The molecular weight excluding hydrogens is 334 g/mol. The number of hydrogen-bond acceptors (Lipinski definition) is 4. The van der Waals surface area contributed by atoms with Gasteiger partial charge in [0.05, 0.1) is 9.40 Å². The average Bonchev–Trinajstić information content (AvgIpc) is 2.44. The quantitative estimate of drug-likeness (QED) is 0.649. The number of anilines is 1. The lowest BCUT2D eigenvalue weighted by Crippen LogP contribution is -2.09. The number of nitro groups is 1. The lowest BCUT2D eigenvalue weighted by Gasteiger charge is -2.17. The van der Waals surface area contributed by atoms with Crippen LogP contribution in [0.4, 0.5) is 11.5 Å². The summed E-state index contributed by atoms with van der Waals surface area (Å²) >= 11 is 3.38. The van der Waals surface area contributed by atoms with Crippen LogP contribution in [0, 0.1) is 24.0 Å². The van der Waals surface area contributed by atoms with E-state index >= 15 is 0 Å². The number of pyridine rings is 1. The number of halogens is 1. The maximum atomic E-state index is 10.9. The summed E-state index contributed by atoms with van der Waals surface area (Å²) in [6.07, 6.45) is 1.28. The molecule has 2 rings (SSSR count). The van der Waals surface area contributed by atoms with E-state index in [4.69, 9.17) is 0 Å². The molecule has 0 spiro atoms. The first-order chi connectivity index (χ1) is 9.90. The van der Waals surface area contributed by atoms with E-state index in [0.29, 0.717) is 15.9 Å². The van der Waals surface area contributed by atoms with Gasteiger partial charge in [0.25, 0.3) is 5.69 Å². The molecule has 5 nitrogen and oxygen atoms in total. The highest BCUT2D eigenvalue weighted by Crippen LogP contribution is 2.32. The molecule has 1 unspecified atom stereocenters. The fourth-order valence-corrected chi connectivity index (χ4v) is 2.42. The first-order valence-electron chi connectivity index (χ1n) is 6.52. The Balaban J connectivity index is 2.25. The van der Waals surface area contributed by atoms with Gasteiger partial charge in [-0.15, -0.1) is 0 Å². The molecule has 1 aromatic carbocycles. The molecule has 0 aliphatic heterocycles. The Bertz CT molecular complexity index is 671. The molecule has 0 aliphatic carbocycles. The molecule has 0 fully saturated rings. The van der Waals surface area contributed by atoms with Crippen molar-refractivity contribution in [2.45, 2.75) is 26.8 Å². The molecule has 0 radical (unpaired) electrons. The maximum Gasteiger partial charge on any atom is 0.291 e. The SMILES string of the molecule is Cc1ccc(C(C)Nc2ncc([N+](=O)[O-])c(C)c2Br)cc1. The van der Waals surface area contributed by atoms with E-state index in [1.54, 1.807) is 6.92 Å². The normalized spacial score (nSPS) is 12.0. The lowest BCUT2D eigenvalue weighted by atomic mass is 10.1. The van der Waals surface area contributed by atoms with Crippen molar-refractivity contribution in [1.29, 1.82) is 0 Å². The zero-order chi connectivity index (χ0) is 15.6. The van der Waals surface area contributed by atoms with E-state index in [-0.39, 0.29) is 11.7 Å². The highest BCUT2D eigenvalue weighted by Gasteiger charge is 2.18. The van der Waals surface area contributed by atoms with Gasteiger partial charge in [-0.3, -0.25) is 10.1 Å². The van der Waals surface area contributed by atoms with Crippen LogP contribution in [-0.2, 0) is 0 Å². The second kappa shape index (κ2) is 6.22. The molecule has 0 aliphatic rings. The third-order valence-corrected chi connectivity index (χ3v) is 4.33. The van der Waals surface area contributed by atoms with Gasteiger partial charge in [0.1, 0.15) is 12.0 Å². The van der Waals surface area contributed by atoms with Gasteiger partial charge in [-0.2, -0.15) is 0 Å². The molecule has 0 saturated heterocycles. The molecular formula is C15H16BrN3O2. The van der Waals surface area contributed by atoms with E-state index in [1.807, 2.05) is 13.8 Å². The molecule has 1 atom stereocenters. The van der Waals surface area contributed by atoms with Crippen LogP contribution in [0.15, 0.2) is 34.9 Å². The highest BCUT2D eigenvalue weighted by atomic mass is 79.9. The van der Waals surface area contributed by atoms with Crippen molar-refractivity contribution in [1.82, 2.24) is 4.98 Å². The summed E-state index contributed by atoms with van der Waals surface area (Å²) in [6.45, 7) is 5.76. The summed E-state index contributed by atoms with van der Waals surface area (Å²) in [5, 5.41) is 14.2. The van der Waals surface area contributed by atoms with Crippen molar-refractivity contribution in [3.8, 4) is 0 Å². The molecule has 0 bridgehead atoms. The minimum Gasteiger partial charge on any atom is -0.363 e. The lowest BCUT2D eigenvalue weighted by molar-refractivity contribution is -0.385. The predicted molar refractivity (Wildman–Crippen MR) is 86.5 cm³/mol. The Morgan fingerprint density at radius 1 is 1.29 bits per heavy atom. The van der Waals surface area contributed by atoms with Crippen LogP contribution in [0.2, 0.25) is 0 Å². The van der Waals surface area contributed by atoms with Gasteiger partial charge in [0.2, 0.25) is 0 Å². The molecule has 0 saturated carbocycles. The van der Waals surface area contributed by atoms with Gasteiger partial charge in [-0.1, -0.05) is 29.8 Å². The first-order valence-corrected chi connectivity index (χ1v) is 7.32. The number of hydrogen-bond donors (Lipinski definition) is 1. The minimum absolute atomic E-state index is 0.00964. The summed E-state index contributed by atoms with van der Waals surface area (Å²) in [4.78, 5) is 14.6. The van der Waals surface area contributed by atoms with Crippen LogP contribution in [0.25, 0.3) is 0 Å². The zero-order valence-corrected chi connectivity index (χ0v) is 13.6. The fraction of sp³-hybridized carbons (Fsp3) is 0.267. The molecule has 1 heterocycles. The van der Waals surface area contributed by atoms with Crippen molar-refractivity contribution in [2.75, 3.05) is 5.32 Å². The van der Waals surface area contributed by atoms with Crippen molar-refractivity contribution in [3.63, 3.8) is 0 Å². The number of aryl methyl sites for hydroxylation is 1. The van der Waals surface area contributed by atoms with Crippen molar-refractivity contribution in [2.24, 2.45) is 0 Å². The number of aromatic nitrogens is 1. The smallest absolute Gasteiger partial charge is 0.291 e. The number of nitrogens with zero attached hydrogens (tertiary/aromatic N) is 2. The molecule has 110 valence electrons. The summed E-state index contributed by atoms with van der Waals surface area (Å²) in [6, 6.07) is 8.27. The fourth-order valence-electron chi connectivity index (χ4n) is 2.00.